The van der Waals surface area contributed by atoms with E-state index in [4.69, 9.17) is 23.2 Å². The molecule has 1 amide bonds. The topological polar surface area (TPSA) is 32.3 Å². The third kappa shape index (κ3) is 3.06. The first-order valence-corrected chi connectivity index (χ1v) is 7.89. The molecule has 0 fully saturated rings. The molecule has 3 nitrogen and oxygen atoms in total. The highest BCUT2D eigenvalue weighted by atomic mass is 35.5. The molecule has 0 saturated carbocycles. The van der Waals surface area contributed by atoms with Crippen molar-refractivity contribution in [3.8, 4) is 0 Å². The maximum atomic E-state index is 12.3. The average molecular weight is 335 g/mol. The zero-order valence-electron chi connectivity index (χ0n) is 12.1. The second-order valence-corrected chi connectivity index (χ2v) is 6.33. The summed E-state index contributed by atoms with van der Waals surface area (Å²) in [7, 11) is 0. The van der Waals surface area contributed by atoms with Crippen LogP contribution in [0.15, 0.2) is 42.5 Å². The lowest BCUT2D eigenvalue weighted by atomic mass is 10.1. The number of hydrogen-bond donors (Lipinski definition) is 1. The Morgan fingerprint density at radius 2 is 2.05 bits per heavy atom. The quantitative estimate of drug-likeness (QED) is 0.903. The predicted molar refractivity (Wildman–Crippen MR) is 92.0 cm³/mol. The summed E-state index contributed by atoms with van der Waals surface area (Å²) in [6, 6.07) is 13.5. The summed E-state index contributed by atoms with van der Waals surface area (Å²) in [6.45, 7) is 2.43. The number of carbonyl (C=O) groups excluding carboxylic acids is 1. The number of nitrogens with one attached hydrogen (secondary N) is 1. The van der Waals surface area contributed by atoms with Gasteiger partial charge in [0.25, 0.3) is 0 Å². The summed E-state index contributed by atoms with van der Waals surface area (Å²) in [4.78, 5) is 14.4. The molecular weight excluding hydrogens is 319 g/mol. The van der Waals surface area contributed by atoms with Crippen molar-refractivity contribution in [1.82, 2.24) is 0 Å². The highest BCUT2D eigenvalue weighted by Crippen LogP contribution is 2.31. The minimum Gasteiger partial charge on any atom is -0.359 e. The molecule has 0 radical (unpaired) electrons. The Bertz CT molecular complexity index is 718. The summed E-state index contributed by atoms with van der Waals surface area (Å²) >= 11 is 11.9. The molecule has 0 aliphatic carbocycles. The lowest BCUT2D eigenvalue weighted by Crippen LogP contribution is -2.37. The second-order valence-electron chi connectivity index (χ2n) is 5.48. The van der Waals surface area contributed by atoms with Crippen LogP contribution in [0.5, 0.6) is 0 Å². The Kier molecular flexibility index (Phi) is 4.27. The molecule has 114 valence electrons. The van der Waals surface area contributed by atoms with Crippen LogP contribution in [0.4, 0.5) is 11.4 Å². The van der Waals surface area contributed by atoms with Gasteiger partial charge in [-0.25, -0.2) is 0 Å². The number of nitrogens with zero attached hydrogens (tertiary/aromatic N) is 1. The summed E-state index contributed by atoms with van der Waals surface area (Å²) in [5.74, 6) is -0.0900. The molecule has 1 N–H and O–H groups in total. The maximum absolute atomic E-state index is 12.3. The minimum atomic E-state index is -0.0900. The largest absolute Gasteiger partial charge is 0.359 e. The van der Waals surface area contributed by atoms with Gasteiger partial charge in [-0.05, 0) is 43.2 Å². The molecule has 5 heteroatoms. The lowest BCUT2D eigenvalue weighted by molar-refractivity contribution is -0.115. The molecule has 0 spiro atoms. The number of carbonyl (C=O) groups is 1. The molecule has 2 aromatic carbocycles. The molecule has 22 heavy (non-hydrogen) atoms. The summed E-state index contributed by atoms with van der Waals surface area (Å²) in [5.41, 5.74) is 3.00. The van der Waals surface area contributed by atoms with E-state index in [0.29, 0.717) is 28.3 Å². The maximum Gasteiger partial charge on any atom is 0.243 e. The van der Waals surface area contributed by atoms with Crippen LogP contribution in [0.2, 0.25) is 10.0 Å². The number of hydrogen-bond acceptors (Lipinski definition) is 2. The molecule has 1 aliphatic rings. The van der Waals surface area contributed by atoms with Crippen molar-refractivity contribution in [1.29, 1.82) is 0 Å². The van der Waals surface area contributed by atoms with Crippen molar-refractivity contribution in [3.05, 3.63) is 58.1 Å². The number of fused-ring (bicyclic) bond motifs is 1. The van der Waals surface area contributed by atoms with E-state index in [1.165, 1.54) is 5.56 Å². The first-order valence-electron chi connectivity index (χ1n) is 7.14. The molecule has 0 bridgehead atoms. The van der Waals surface area contributed by atoms with Crippen LogP contribution >= 0.6 is 23.2 Å². The van der Waals surface area contributed by atoms with Gasteiger partial charge in [-0.1, -0.05) is 41.4 Å². The molecule has 1 aliphatic heterocycles. The highest BCUT2D eigenvalue weighted by molar-refractivity contribution is 6.36. The normalized spacial score (nSPS) is 16.5. The Labute approximate surface area is 139 Å². The zero-order valence-corrected chi connectivity index (χ0v) is 13.7. The van der Waals surface area contributed by atoms with Crippen LogP contribution in [0, 0.1) is 0 Å². The fraction of sp³-hybridized carbons (Fsp3) is 0.235. The van der Waals surface area contributed by atoms with Crippen molar-refractivity contribution in [2.75, 3.05) is 16.8 Å². The smallest absolute Gasteiger partial charge is 0.243 e. The molecule has 0 aromatic heterocycles. The van der Waals surface area contributed by atoms with Gasteiger partial charge in [0.05, 0.1) is 17.3 Å². The monoisotopic (exact) mass is 334 g/mol. The first-order chi connectivity index (χ1) is 10.5. The Morgan fingerprint density at radius 3 is 2.82 bits per heavy atom. The zero-order chi connectivity index (χ0) is 15.7. The van der Waals surface area contributed by atoms with E-state index in [-0.39, 0.29) is 5.91 Å². The predicted octanol–water partition coefficient (Wildman–Crippen LogP) is 4.38. The van der Waals surface area contributed by atoms with Crippen molar-refractivity contribution in [3.63, 3.8) is 0 Å². The standard InChI is InChI=1S/C17H16Cl2N2O/c1-11-8-12-4-2-3-5-16(12)21(11)10-17(22)20-15-7-6-13(18)9-14(15)19/h2-7,9,11H,8,10H2,1H3,(H,20,22)/t11-/m1/s1. The van der Waals surface area contributed by atoms with Crippen LogP contribution in [-0.2, 0) is 11.2 Å². The Morgan fingerprint density at radius 1 is 1.27 bits per heavy atom. The number of amides is 1. The second kappa shape index (κ2) is 6.19. The first kappa shape index (κ1) is 15.2. The number of anilines is 2. The SMILES string of the molecule is C[C@@H]1Cc2ccccc2N1CC(=O)Nc1ccc(Cl)cc1Cl. The fourth-order valence-electron chi connectivity index (χ4n) is 2.81. The van der Waals surface area contributed by atoms with Gasteiger partial charge in [0.2, 0.25) is 5.91 Å². The van der Waals surface area contributed by atoms with E-state index in [1.54, 1.807) is 18.2 Å². The van der Waals surface area contributed by atoms with Gasteiger partial charge in [-0.2, -0.15) is 0 Å². The molecular formula is C17H16Cl2N2O. The summed E-state index contributed by atoms with van der Waals surface area (Å²) in [6.07, 6.45) is 0.963. The van der Waals surface area contributed by atoms with E-state index < -0.39 is 0 Å². The summed E-state index contributed by atoms with van der Waals surface area (Å²) < 4.78 is 0. The van der Waals surface area contributed by atoms with Gasteiger partial charge in [0, 0.05) is 16.8 Å². The highest BCUT2D eigenvalue weighted by Gasteiger charge is 2.27. The molecule has 1 atom stereocenters. The Balaban J connectivity index is 1.72. The van der Waals surface area contributed by atoms with Crippen LogP contribution in [0.1, 0.15) is 12.5 Å². The van der Waals surface area contributed by atoms with Gasteiger partial charge < -0.3 is 10.2 Å². The molecule has 0 saturated heterocycles. The third-order valence-corrected chi connectivity index (χ3v) is 4.42. The minimum absolute atomic E-state index is 0.0900. The van der Waals surface area contributed by atoms with Crippen LogP contribution < -0.4 is 10.2 Å². The van der Waals surface area contributed by atoms with Gasteiger partial charge in [0.15, 0.2) is 0 Å². The van der Waals surface area contributed by atoms with Gasteiger partial charge >= 0.3 is 0 Å². The van der Waals surface area contributed by atoms with E-state index >= 15 is 0 Å². The molecule has 0 unspecified atom stereocenters. The van der Waals surface area contributed by atoms with E-state index in [0.717, 1.165) is 12.1 Å². The van der Waals surface area contributed by atoms with Gasteiger partial charge in [-0.3, -0.25) is 4.79 Å². The van der Waals surface area contributed by atoms with Crippen LogP contribution in [0.3, 0.4) is 0 Å². The Hall–Kier alpha value is -1.71. The number of halogens is 2. The number of rotatable bonds is 3. The molecule has 3 rings (SSSR count). The lowest BCUT2D eigenvalue weighted by Gasteiger charge is -2.24. The van der Waals surface area contributed by atoms with Crippen molar-refractivity contribution in [2.24, 2.45) is 0 Å². The van der Waals surface area contributed by atoms with Crippen molar-refractivity contribution >= 4 is 40.5 Å². The third-order valence-electron chi connectivity index (χ3n) is 3.87. The molecule has 1 heterocycles. The summed E-state index contributed by atoms with van der Waals surface area (Å²) in [5, 5.41) is 3.83. The van der Waals surface area contributed by atoms with Crippen molar-refractivity contribution in [2.45, 2.75) is 19.4 Å². The van der Waals surface area contributed by atoms with E-state index in [2.05, 4.69) is 29.3 Å². The van der Waals surface area contributed by atoms with Gasteiger partial charge in [0.1, 0.15) is 0 Å². The number of benzene rings is 2. The van der Waals surface area contributed by atoms with Gasteiger partial charge in [-0.15, -0.1) is 0 Å². The van der Waals surface area contributed by atoms with Crippen molar-refractivity contribution < 1.29 is 4.79 Å². The number of para-hydroxylation sites is 1. The molecule has 2 aromatic rings. The van der Waals surface area contributed by atoms with Crippen LogP contribution in [-0.4, -0.2) is 18.5 Å². The van der Waals surface area contributed by atoms with E-state index in [1.807, 2.05) is 12.1 Å². The van der Waals surface area contributed by atoms with E-state index in [9.17, 15) is 4.79 Å². The fourth-order valence-corrected chi connectivity index (χ4v) is 3.26. The van der Waals surface area contributed by atoms with Crippen LogP contribution in [0.25, 0.3) is 0 Å². The average Bonchev–Trinajstić information content (AvgIpc) is 2.78.